The molecule has 0 saturated heterocycles. The average Bonchev–Trinajstić information content (AvgIpc) is 2.39. The smallest absolute Gasteiger partial charge is 0.234 e. The number of anilines is 1. The summed E-state index contributed by atoms with van der Waals surface area (Å²) in [5, 5.41) is 0. The normalized spacial score (nSPS) is 20.1. The van der Waals surface area contributed by atoms with Gasteiger partial charge in [0.15, 0.2) is 0 Å². The minimum Gasteiger partial charge on any atom is -0.315 e. The molecule has 0 fully saturated rings. The summed E-state index contributed by atoms with van der Waals surface area (Å²) in [5.74, 6) is 0.258. The summed E-state index contributed by atoms with van der Waals surface area (Å²) >= 11 is 3.43. The van der Waals surface area contributed by atoms with Gasteiger partial charge in [-0.1, -0.05) is 22.9 Å². The first kappa shape index (κ1) is 9.71. The molecule has 2 nitrogen and oxygen atoms in total. The molecule has 74 valence electrons. The molecular formula is C11H12BrNO. The fraction of sp³-hybridized carbons (Fsp3) is 0.364. The van der Waals surface area contributed by atoms with Gasteiger partial charge < -0.3 is 4.90 Å². The number of hydrogen-bond acceptors (Lipinski definition) is 1. The fourth-order valence-corrected chi connectivity index (χ4v) is 2.37. The van der Waals surface area contributed by atoms with Crippen molar-refractivity contribution in [3.05, 3.63) is 28.2 Å². The van der Waals surface area contributed by atoms with Crippen molar-refractivity contribution in [1.82, 2.24) is 0 Å². The van der Waals surface area contributed by atoms with Gasteiger partial charge in [0.05, 0.1) is 5.92 Å². The lowest BCUT2D eigenvalue weighted by molar-refractivity contribution is -0.119. The van der Waals surface area contributed by atoms with Crippen LogP contribution in [0.2, 0.25) is 0 Å². The number of benzene rings is 1. The van der Waals surface area contributed by atoms with Gasteiger partial charge in [-0.3, -0.25) is 4.79 Å². The molecule has 1 amide bonds. The Bertz CT molecular complexity index is 389. The molecule has 1 aromatic rings. The summed E-state index contributed by atoms with van der Waals surface area (Å²) in [4.78, 5) is 13.6. The van der Waals surface area contributed by atoms with E-state index in [2.05, 4.69) is 15.9 Å². The van der Waals surface area contributed by atoms with Crippen LogP contribution in [0.1, 0.15) is 24.8 Å². The Labute approximate surface area is 92.0 Å². The Morgan fingerprint density at radius 2 is 2.21 bits per heavy atom. The van der Waals surface area contributed by atoms with Crippen LogP contribution in [0, 0.1) is 0 Å². The van der Waals surface area contributed by atoms with Crippen molar-refractivity contribution in [2.45, 2.75) is 19.3 Å². The Hall–Kier alpha value is -0.830. The standard InChI is InChI=1S/C11H12BrNO/c1-3-8-9-6-7(12)4-5-10(9)13(2)11(8)14/h4-6,8H,3H2,1-2H3. The first-order chi connectivity index (χ1) is 6.65. The zero-order valence-corrected chi connectivity index (χ0v) is 9.84. The van der Waals surface area contributed by atoms with Crippen molar-refractivity contribution in [2.75, 3.05) is 11.9 Å². The second kappa shape index (κ2) is 3.39. The molecule has 0 aromatic heterocycles. The van der Waals surface area contributed by atoms with Gasteiger partial charge in [0.2, 0.25) is 5.91 Å². The van der Waals surface area contributed by atoms with Gasteiger partial charge in [0.1, 0.15) is 0 Å². The maximum absolute atomic E-state index is 11.8. The van der Waals surface area contributed by atoms with Crippen LogP contribution >= 0.6 is 15.9 Å². The van der Waals surface area contributed by atoms with E-state index in [4.69, 9.17) is 0 Å². The van der Waals surface area contributed by atoms with Crippen molar-refractivity contribution in [3.8, 4) is 0 Å². The predicted octanol–water partition coefficient (Wildman–Crippen LogP) is 2.92. The van der Waals surface area contributed by atoms with E-state index in [1.54, 1.807) is 4.90 Å². The highest BCUT2D eigenvalue weighted by Crippen LogP contribution is 2.39. The molecule has 0 spiro atoms. The Morgan fingerprint density at radius 1 is 1.50 bits per heavy atom. The molecule has 1 unspecified atom stereocenters. The predicted molar refractivity (Wildman–Crippen MR) is 60.6 cm³/mol. The third-order valence-corrected chi connectivity index (χ3v) is 3.26. The molecule has 1 aliphatic rings. The average molecular weight is 254 g/mol. The van der Waals surface area contributed by atoms with E-state index in [1.807, 2.05) is 32.2 Å². The number of likely N-dealkylation sites (N-methyl/N-ethyl adjacent to an activating group) is 1. The number of fused-ring (bicyclic) bond motifs is 1. The summed E-state index contributed by atoms with van der Waals surface area (Å²) in [6, 6.07) is 6.01. The third-order valence-electron chi connectivity index (χ3n) is 2.76. The van der Waals surface area contributed by atoms with E-state index in [1.165, 1.54) is 0 Å². The fourth-order valence-electron chi connectivity index (χ4n) is 1.99. The molecule has 0 N–H and O–H groups in total. The monoisotopic (exact) mass is 253 g/mol. The van der Waals surface area contributed by atoms with Gasteiger partial charge in [-0.05, 0) is 30.2 Å². The number of carbonyl (C=O) groups is 1. The Morgan fingerprint density at radius 3 is 2.86 bits per heavy atom. The quantitative estimate of drug-likeness (QED) is 0.754. The lowest BCUT2D eigenvalue weighted by Gasteiger charge is -2.09. The summed E-state index contributed by atoms with van der Waals surface area (Å²) in [6.07, 6.45) is 0.868. The zero-order chi connectivity index (χ0) is 10.3. The molecular weight excluding hydrogens is 242 g/mol. The second-order valence-electron chi connectivity index (χ2n) is 3.56. The highest BCUT2D eigenvalue weighted by Gasteiger charge is 2.33. The van der Waals surface area contributed by atoms with E-state index >= 15 is 0 Å². The van der Waals surface area contributed by atoms with Crippen molar-refractivity contribution in [3.63, 3.8) is 0 Å². The van der Waals surface area contributed by atoms with Crippen LogP contribution in [0.3, 0.4) is 0 Å². The van der Waals surface area contributed by atoms with Crippen LogP contribution in [0.5, 0.6) is 0 Å². The number of rotatable bonds is 1. The SMILES string of the molecule is CCC1C(=O)N(C)c2ccc(Br)cc21. The highest BCUT2D eigenvalue weighted by atomic mass is 79.9. The van der Waals surface area contributed by atoms with E-state index in [9.17, 15) is 4.79 Å². The number of amides is 1. The first-order valence-corrected chi connectivity index (χ1v) is 5.51. The van der Waals surface area contributed by atoms with Crippen molar-refractivity contribution in [1.29, 1.82) is 0 Å². The maximum atomic E-state index is 11.8. The topological polar surface area (TPSA) is 20.3 Å². The number of halogens is 1. The van der Waals surface area contributed by atoms with Gasteiger partial charge in [-0.15, -0.1) is 0 Å². The maximum Gasteiger partial charge on any atom is 0.234 e. The second-order valence-corrected chi connectivity index (χ2v) is 4.48. The molecule has 0 radical (unpaired) electrons. The molecule has 1 aromatic carbocycles. The molecule has 0 bridgehead atoms. The van der Waals surface area contributed by atoms with Crippen LogP contribution in [0.15, 0.2) is 22.7 Å². The molecule has 14 heavy (non-hydrogen) atoms. The van der Waals surface area contributed by atoms with Gasteiger partial charge in [0, 0.05) is 17.2 Å². The third kappa shape index (κ3) is 1.27. The van der Waals surface area contributed by atoms with Crippen LogP contribution < -0.4 is 4.90 Å². The molecule has 0 saturated carbocycles. The van der Waals surface area contributed by atoms with E-state index in [-0.39, 0.29) is 11.8 Å². The Kier molecular flexibility index (Phi) is 2.35. The molecule has 0 aliphatic carbocycles. The van der Waals surface area contributed by atoms with Gasteiger partial charge in [-0.2, -0.15) is 0 Å². The molecule has 3 heteroatoms. The lowest BCUT2D eigenvalue weighted by atomic mass is 9.98. The number of carbonyl (C=O) groups excluding carboxylic acids is 1. The van der Waals surface area contributed by atoms with E-state index < -0.39 is 0 Å². The molecule has 2 rings (SSSR count). The van der Waals surface area contributed by atoms with Crippen molar-refractivity contribution in [2.24, 2.45) is 0 Å². The summed E-state index contributed by atoms with van der Waals surface area (Å²) < 4.78 is 1.04. The van der Waals surface area contributed by atoms with Crippen molar-refractivity contribution >= 4 is 27.5 Å². The van der Waals surface area contributed by atoms with Crippen LogP contribution in [-0.4, -0.2) is 13.0 Å². The molecule has 1 heterocycles. The van der Waals surface area contributed by atoms with Crippen molar-refractivity contribution < 1.29 is 4.79 Å². The highest BCUT2D eigenvalue weighted by molar-refractivity contribution is 9.10. The zero-order valence-electron chi connectivity index (χ0n) is 8.25. The van der Waals surface area contributed by atoms with E-state index in [0.29, 0.717) is 0 Å². The summed E-state index contributed by atoms with van der Waals surface area (Å²) in [5.41, 5.74) is 2.19. The Balaban J connectivity index is 2.56. The van der Waals surface area contributed by atoms with Crippen LogP contribution in [-0.2, 0) is 4.79 Å². The van der Waals surface area contributed by atoms with Gasteiger partial charge in [-0.25, -0.2) is 0 Å². The minimum absolute atomic E-state index is 0.0486. The van der Waals surface area contributed by atoms with Gasteiger partial charge in [0.25, 0.3) is 0 Å². The number of nitrogens with zero attached hydrogens (tertiary/aromatic N) is 1. The number of hydrogen-bond donors (Lipinski definition) is 0. The summed E-state index contributed by atoms with van der Waals surface area (Å²) in [6.45, 7) is 2.05. The van der Waals surface area contributed by atoms with E-state index in [0.717, 1.165) is 22.1 Å². The van der Waals surface area contributed by atoms with Gasteiger partial charge >= 0.3 is 0 Å². The molecule has 1 aliphatic heterocycles. The summed E-state index contributed by atoms with van der Waals surface area (Å²) in [7, 11) is 1.84. The first-order valence-electron chi connectivity index (χ1n) is 4.72. The van der Waals surface area contributed by atoms with Crippen LogP contribution in [0.4, 0.5) is 5.69 Å². The largest absolute Gasteiger partial charge is 0.315 e. The molecule has 1 atom stereocenters. The van der Waals surface area contributed by atoms with Crippen LogP contribution in [0.25, 0.3) is 0 Å². The minimum atomic E-state index is 0.0486. The lowest BCUT2D eigenvalue weighted by Crippen LogP contribution is -2.23.